The maximum Gasteiger partial charge on any atom is 0.156 e. The minimum Gasteiger partial charge on any atom is -0.409 e. The van der Waals surface area contributed by atoms with Crippen molar-refractivity contribution in [3.05, 3.63) is 0 Å². The third-order valence-electron chi connectivity index (χ3n) is 3.67. The van der Waals surface area contributed by atoms with E-state index in [0.29, 0.717) is 17.9 Å². The van der Waals surface area contributed by atoms with Crippen LogP contribution in [0.5, 0.6) is 0 Å². The van der Waals surface area contributed by atoms with Crippen molar-refractivity contribution in [3.63, 3.8) is 0 Å². The van der Waals surface area contributed by atoms with Gasteiger partial charge in [-0.05, 0) is 27.3 Å². The molecule has 1 rings (SSSR count). The summed E-state index contributed by atoms with van der Waals surface area (Å²) in [6.45, 7) is 8.42. The van der Waals surface area contributed by atoms with Crippen molar-refractivity contribution < 1.29 is 5.21 Å². The molecule has 3 atom stereocenters. The average molecular weight is 228 g/mol. The van der Waals surface area contributed by atoms with Crippen molar-refractivity contribution in [2.24, 2.45) is 10.9 Å². The van der Waals surface area contributed by atoms with Crippen LogP contribution in [-0.4, -0.2) is 59.1 Å². The molecule has 0 aromatic carbocycles. The lowest BCUT2D eigenvalue weighted by Crippen LogP contribution is -2.59. The van der Waals surface area contributed by atoms with Gasteiger partial charge in [0.05, 0.1) is 6.04 Å². The van der Waals surface area contributed by atoms with E-state index in [2.05, 4.69) is 42.8 Å². The number of oxime groups is 1. The van der Waals surface area contributed by atoms with Crippen LogP contribution < -0.4 is 5.73 Å². The molecule has 0 amide bonds. The van der Waals surface area contributed by atoms with E-state index < -0.39 is 0 Å². The van der Waals surface area contributed by atoms with Crippen molar-refractivity contribution in [3.8, 4) is 0 Å². The van der Waals surface area contributed by atoms with E-state index >= 15 is 0 Å². The summed E-state index contributed by atoms with van der Waals surface area (Å²) in [4.78, 5) is 4.68. The Morgan fingerprint density at radius 2 is 1.94 bits per heavy atom. The average Bonchev–Trinajstić information content (AvgIpc) is 2.26. The highest BCUT2D eigenvalue weighted by molar-refractivity contribution is 5.85. The first-order chi connectivity index (χ1) is 7.51. The number of rotatable bonds is 3. The normalized spacial score (nSPS) is 31.6. The van der Waals surface area contributed by atoms with Crippen molar-refractivity contribution in [2.75, 3.05) is 20.1 Å². The van der Waals surface area contributed by atoms with Crippen LogP contribution in [-0.2, 0) is 0 Å². The zero-order chi connectivity index (χ0) is 12.3. The molecule has 1 aliphatic heterocycles. The van der Waals surface area contributed by atoms with Crippen molar-refractivity contribution in [1.29, 1.82) is 0 Å². The summed E-state index contributed by atoms with van der Waals surface area (Å²) in [5.74, 6) is 0.325. The molecule has 3 unspecified atom stereocenters. The Morgan fingerprint density at radius 1 is 1.44 bits per heavy atom. The molecule has 3 N–H and O–H groups in total. The van der Waals surface area contributed by atoms with Gasteiger partial charge in [0.25, 0.3) is 0 Å². The van der Waals surface area contributed by atoms with Crippen molar-refractivity contribution in [1.82, 2.24) is 9.80 Å². The molecule has 0 aliphatic carbocycles. The molecule has 1 saturated heterocycles. The molecule has 1 heterocycles. The van der Waals surface area contributed by atoms with Gasteiger partial charge in [-0.3, -0.25) is 9.80 Å². The number of nitrogens with zero attached hydrogens (tertiary/aromatic N) is 3. The van der Waals surface area contributed by atoms with Gasteiger partial charge in [0.15, 0.2) is 5.84 Å². The molecule has 1 aliphatic rings. The first kappa shape index (κ1) is 13.3. The van der Waals surface area contributed by atoms with Gasteiger partial charge in [0, 0.05) is 25.2 Å². The second-order valence-electron chi connectivity index (χ2n) is 4.77. The number of nitrogens with two attached hydrogens (primary N) is 1. The Bertz CT molecular complexity index is 244. The van der Waals surface area contributed by atoms with E-state index in [1.807, 2.05) is 0 Å². The molecular weight excluding hydrogens is 204 g/mol. The minimum absolute atomic E-state index is 0.0589. The lowest BCUT2D eigenvalue weighted by Gasteiger charge is -2.45. The Morgan fingerprint density at radius 3 is 2.31 bits per heavy atom. The zero-order valence-corrected chi connectivity index (χ0v) is 10.7. The molecule has 1 fully saturated rings. The van der Waals surface area contributed by atoms with Gasteiger partial charge in [0.1, 0.15) is 0 Å². The Balaban J connectivity index is 2.73. The molecule has 0 aromatic rings. The predicted molar refractivity (Wildman–Crippen MR) is 65.7 cm³/mol. The standard InChI is InChI=1S/C11H24N4O/c1-5-10(11(12)13-16)15-6-8(2)14(4)9(3)7-15/h8-10,16H,5-7H2,1-4H3,(H2,12,13). The zero-order valence-electron chi connectivity index (χ0n) is 10.7. The number of piperazine rings is 1. The molecule has 0 aromatic heterocycles. The van der Waals surface area contributed by atoms with Crippen LogP contribution >= 0.6 is 0 Å². The summed E-state index contributed by atoms with van der Waals surface area (Å²) in [6.07, 6.45) is 0.874. The number of hydrogen-bond acceptors (Lipinski definition) is 4. The summed E-state index contributed by atoms with van der Waals surface area (Å²) in [5.41, 5.74) is 5.73. The lowest BCUT2D eigenvalue weighted by molar-refractivity contribution is 0.0472. The highest BCUT2D eigenvalue weighted by atomic mass is 16.4. The highest BCUT2D eigenvalue weighted by Crippen LogP contribution is 2.17. The van der Waals surface area contributed by atoms with Crippen LogP contribution in [0.25, 0.3) is 0 Å². The maximum absolute atomic E-state index is 8.78. The van der Waals surface area contributed by atoms with Crippen LogP contribution in [0.4, 0.5) is 0 Å². The second kappa shape index (κ2) is 5.50. The fraction of sp³-hybridized carbons (Fsp3) is 0.909. The van der Waals surface area contributed by atoms with Gasteiger partial charge in [-0.25, -0.2) is 0 Å². The molecule has 5 heteroatoms. The van der Waals surface area contributed by atoms with E-state index in [9.17, 15) is 0 Å². The lowest BCUT2D eigenvalue weighted by atomic mass is 10.0. The smallest absolute Gasteiger partial charge is 0.156 e. The van der Waals surface area contributed by atoms with Crippen LogP contribution in [0.2, 0.25) is 0 Å². The van der Waals surface area contributed by atoms with E-state index in [1.54, 1.807) is 0 Å². The summed E-state index contributed by atoms with van der Waals surface area (Å²) >= 11 is 0. The molecular formula is C11H24N4O. The number of amidine groups is 1. The summed E-state index contributed by atoms with van der Waals surface area (Å²) in [5, 5.41) is 11.9. The summed E-state index contributed by atoms with van der Waals surface area (Å²) in [6, 6.07) is 1.07. The highest BCUT2D eigenvalue weighted by Gasteiger charge is 2.31. The first-order valence-electron chi connectivity index (χ1n) is 5.94. The van der Waals surface area contributed by atoms with Crippen LogP contribution in [0.3, 0.4) is 0 Å². The SMILES string of the molecule is CCC(C(N)=NO)N1CC(C)N(C)C(C)C1. The van der Waals surface area contributed by atoms with Gasteiger partial charge in [-0.1, -0.05) is 12.1 Å². The first-order valence-corrected chi connectivity index (χ1v) is 5.94. The van der Waals surface area contributed by atoms with Crippen LogP contribution in [0.1, 0.15) is 27.2 Å². The fourth-order valence-corrected chi connectivity index (χ4v) is 2.42. The Kier molecular flexibility index (Phi) is 4.56. The van der Waals surface area contributed by atoms with Crippen LogP contribution in [0, 0.1) is 0 Å². The van der Waals surface area contributed by atoms with E-state index in [-0.39, 0.29) is 6.04 Å². The number of likely N-dealkylation sites (N-methyl/N-ethyl adjacent to an activating group) is 1. The molecule has 0 saturated carbocycles. The Labute approximate surface area is 97.9 Å². The number of hydrogen-bond donors (Lipinski definition) is 2. The molecule has 0 spiro atoms. The minimum atomic E-state index is 0.0589. The third-order valence-corrected chi connectivity index (χ3v) is 3.67. The van der Waals surface area contributed by atoms with Gasteiger partial charge in [0.2, 0.25) is 0 Å². The van der Waals surface area contributed by atoms with Gasteiger partial charge >= 0.3 is 0 Å². The predicted octanol–water partition coefficient (Wildman–Crippen LogP) is 0.536. The quantitative estimate of drug-likeness (QED) is 0.320. The van der Waals surface area contributed by atoms with Crippen molar-refractivity contribution in [2.45, 2.75) is 45.3 Å². The fourth-order valence-electron chi connectivity index (χ4n) is 2.42. The van der Waals surface area contributed by atoms with E-state index in [0.717, 1.165) is 19.5 Å². The van der Waals surface area contributed by atoms with E-state index in [1.165, 1.54) is 0 Å². The summed E-state index contributed by atoms with van der Waals surface area (Å²) < 4.78 is 0. The van der Waals surface area contributed by atoms with Gasteiger partial charge in [-0.2, -0.15) is 0 Å². The largest absolute Gasteiger partial charge is 0.409 e. The van der Waals surface area contributed by atoms with Crippen LogP contribution in [0.15, 0.2) is 5.16 Å². The molecule has 16 heavy (non-hydrogen) atoms. The second-order valence-corrected chi connectivity index (χ2v) is 4.77. The molecule has 5 nitrogen and oxygen atoms in total. The molecule has 0 radical (unpaired) electrons. The van der Waals surface area contributed by atoms with Gasteiger partial charge in [-0.15, -0.1) is 0 Å². The third kappa shape index (κ3) is 2.65. The summed E-state index contributed by atoms with van der Waals surface area (Å²) in [7, 11) is 2.15. The Hall–Kier alpha value is -0.810. The maximum atomic E-state index is 8.78. The molecule has 94 valence electrons. The van der Waals surface area contributed by atoms with E-state index in [4.69, 9.17) is 10.9 Å². The van der Waals surface area contributed by atoms with Crippen molar-refractivity contribution >= 4 is 5.84 Å². The topological polar surface area (TPSA) is 65.1 Å². The van der Waals surface area contributed by atoms with Gasteiger partial charge < -0.3 is 10.9 Å². The molecule has 0 bridgehead atoms. The monoisotopic (exact) mass is 228 g/mol.